The number of halogens is 1. The number of nitrogens with one attached hydrogen (secondary N) is 2. The summed E-state index contributed by atoms with van der Waals surface area (Å²) in [4.78, 5) is 27.1. The van der Waals surface area contributed by atoms with Crippen molar-refractivity contribution >= 4 is 17.5 Å². The lowest BCUT2D eigenvalue weighted by molar-refractivity contribution is -0.121. The van der Waals surface area contributed by atoms with Crippen LogP contribution in [0.4, 0.5) is 10.1 Å². The maximum atomic E-state index is 13.8. The van der Waals surface area contributed by atoms with Crippen LogP contribution in [0.15, 0.2) is 59.1 Å². The molecule has 7 heteroatoms. The van der Waals surface area contributed by atoms with Gasteiger partial charge in [-0.05, 0) is 29.8 Å². The number of anilines is 1. The van der Waals surface area contributed by atoms with E-state index in [1.165, 1.54) is 19.2 Å². The standard InChI is InChI=1S/C21H20FN3O3/c1-14(26)25-16-8-6-15(7-9-16)12-23-20(27)10-11-21-24-13-19(28-21)17-4-2-3-5-18(17)22/h2-9,13H,10-12H2,1H3,(H,23,27)(H,25,26). The number of carbonyl (C=O) groups excluding carboxylic acids is 2. The van der Waals surface area contributed by atoms with Crippen LogP contribution in [-0.4, -0.2) is 16.8 Å². The summed E-state index contributed by atoms with van der Waals surface area (Å²) in [6.07, 6.45) is 1.99. The number of hydrogen-bond acceptors (Lipinski definition) is 4. The normalized spacial score (nSPS) is 10.5. The molecule has 2 aromatic carbocycles. The highest BCUT2D eigenvalue weighted by Gasteiger charge is 2.11. The lowest BCUT2D eigenvalue weighted by Gasteiger charge is -2.06. The monoisotopic (exact) mass is 381 g/mol. The molecule has 1 heterocycles. The van der Waals surface area contributed by atoms with E-state index in [0.717, 1.165) is 5.56 Å². The molecule has 3 aromatic rings. The Balaban J connectivity index is 1.47. The molecule has 2 amide bonds. The van der Waals surface area contributed by atoms with Crippen LogP contribution in [0.1, 0.15) is 24.8 Å². The van der Waals surface area contributed by atoms with Crippen LogP contribution in [0.5, 0.6) is 0 Å². The molecule has 0 fully saturated rings. The minimum Gasteiger partial charge on any atom is -0.441 e. The van der Waals surface area contributed by atoms with E-state index in [-0.39, 0.29) is 24.1 Å². The van der Waals surface area contributed by atoms with Crippen LogP contribution in [0.2, 0.25) is 0 Å². The van der Waals surface area contributed by atoms with Crippen molar-refractivity contribution in [2.45, 2.75) is 26.3 Å². The third-order valence-electron chi connectivity index (χ3n) is 4.02. The maximum Gasteiger partial charge on any atom is 0.221 e. The van der Waals surface area contributed by atoms with E-state index < -0.39 is 0 Å². The average molecular weight is 381 g/mol. The molecule has 144 valence electrons. The fourth-order valence-electron chi connectivity index (χ4n) is 2.63. The third-order valence-corrected chi connectivity index (χ3v) is 4.02. The second kappa shape index (κ2) is 8.94. The van der Waals surface area contributed by atoms with Crippen LogP contribution in [0.25, 0.3) is 11.3 Å². The number of hydrogen-bond donors (Lipinski definition) is 2. The van der Waals surface area contributed by atoms with Gasteiger partial charge < -0.3 is 15.1 Å². The van der Waals surface area contributed by atoms with Crippen molar-refractivity contribution in [3.8, 4) is 11.3 Å². The fraction of sp³-hybridized carbons (Fsp3) is 0.190. The second-order valence-corrected chi connectivity index (χ2v) is 6.25. The lowest BCUT2D eigenvalue weighted by Crippen LogP contribution is -2.23. The number of nitrogens with zero attached hydrogens (tertiary/aromatic N) is 1. The molecule has 28 heavy (non-hydrogen) atoms. The van der Waals surface area contributed by atoms with E-state index in [1.54, 1.807) is 30.3 Å². The zero-order valence-electron chi connectivity index (χ0n) is 15.4. The molecule has 0 atom stereocenters. The molecule has 0 aliphatic rings. The third kappa shape index (κ3) is 5.26. The van der Waals surface area contributed by atoms with Crippen LogP contribution in [0, 0.1) is 5.82 Å². The first-order valence-electron chi connectivity index (χ1n) is 8.84. The molecule has 3 rings (SSSR count). The molecule has 0 unspecified atom stereocenters. The summed E-state index contributed by atoms with van der Waals surface area (Å²) in [6.45, 7) is 1.83. The highest BCUT2D eigenvalue weighted by molar-refractivity contribution is 5.88. The minimum atomic E-state index is -0.382. The van der Waals surface area contributed by atoms with Crippen molar-refractivity contribution in [2.24, 2.45) is 0 Å². The molecule has 0 aliphatic heterocycles. The van der Waals surface area contributed by atoms with Gasteiger partial charge in [0, 0.05) is 32.0 Å². The van der Waals surface area contributed by atoms with Crippen molar-refractivity contribution < 1.29 is 18.4 Å². The number of aromatic nitrogens is 1. The Bertz CT molecular complexity index is 967. The van der Waals surface area contributed by atoms with Gasteiger partial charge in [0.15, 0.2) is 11.7 Å². The van der Waals surface area contributed by atoms with E-state index >= 15 is 0 Å². The number of amides is 2. The van der Waals surface area contributed by atoms with Gasteiger partial charge in [-0.25, -0.2) is 9.37 Å². The van der Waals surface area contributed by atoms with Gasteiger partial charge in [-0.15, -0.1) is 0 Å². The SMILES string of the molecule is CC(=O)Nc1ccc(CNC(=O)CCc2ncc(-c3ccccc3F)o2)cc1. The quantitative estimate of drug-likeness (QED) is 0.654. The predicted octanol–water partition coefficient (Wildman–Crippen LogP) is 3.69. The molecule has 0 saturated heterocycles. The Morgan fingerprint density at radius 2 is 1.86 bits per heavy atom. The number of oxazole rings is 1. The van der Waals surface area contributed by atoms with Crippen LogP contribution >= 0.6 is 0 Å². The van der Waals surface area contributed by atoms with Crippen molar-refractivity contribution in [1.29, 1.82) is 0 Å². The highest BCUT2D eigenvalue weighted by atomic mass is 19.1. The Labute approximate surface area is 161 Å². The van der Waals surface area contributed by atoms with Gasteiger partial charge in [-0.1, -0.05) is 24.3 Å². The smallest absolute Gasteiger partial charge is 0.221 e. The van der Waals surface area contributed by atoms with Gasteiger partial charge in [0.2, 0.25) is 11.8 Å². The van der Waals surface area contributed by atoms with Gasteiger partial charge in [0.05, 0.1) is 11.8 Å². The first-order chi connectivity index (χ1) is 13.5. The zero-order chi connectivity index (χ0) is 19.9. The summed E-state index contributed by atoms with van der Waals surface area (Å²) in [5.41, 5.74) is 1.96. The molecule has 0 bridgehead atoms. The molecular formula is C21H20FN3O3. The Kier molecular flexibility index (Phi) is 6.16. The van der Waals surface area contributed by atoms with E-state index in [4.69, 9.17) is 4.42 Å². The van der Waals surface area contributed by atoms with Crippen LogP contribution in [0.3, 0.4) is 0 Å². The number of aryl methyl sites for hydroxylation is 1. The summed E-state index contributed by atoms with van der Waals surface area (Å²) in [5, 5.41) is 5.51. The summed E-state index contributed by atoms with van der Waals surface area (Å²) in [6, 6.07) is 13.5. The zero-order valence-corrected chi connectivity index (χ0v) is 15.4. The van der Waals surface area contributed by atoms with Crippen LogP contribution in [-0.2, 0) is 22.6 Å². The fourth-order valence-corrected chi connectivity index (χ4v) is 2.63. The van der Waals surface area contributed by atoms with Gasteiger partial charge in [0.1, 0.15) is 5.82 Å². The Morgan fingerprint density at radius 3 is 2.57 bits per heavy atom. The van der Waals surface area contributed by atoms with Gasteiger partial charge in [-0.2, -0.15) is 0 Å². The topological polar surface area (TPSA) is 84.2 Å². The summed E-state index contributed by atoms with van der Waals surface area (Å²) in [7, 11) is 0. The van der Waals surface area contributed by atoms with E-state index in [2.05, 4.69) is 15.6 Å². The van der Waals surface area contributed by atoms with Crippen molar-refractivity contribution in [1.82, 2.24) is 10.3 Å². The molecule has 0 saturated carbocycles. The minimum absolute atomic E-state index is 0.134. The number of benzene rings is 2. The first kappa shape index (κ1) is 19.3. The molecular weight excluding hydrogens is 361 g/mol. The lowest BCUT2D eigenvalue weighted by atomic mass is 10.2. The number of rotatable bonds is 7. The van der Waals surface area contributed by atoms with Crippen molar-refractivity contribution in [3.05, 3.63) is 72.0 Å². The van der Waals surface area contributed by atoms with Crippen LogP contribution < -0.4 is 10.6 Å². The molecule has 0 spiro atoms. The molecule has 1 aromatic heterocycles. The molecule has 6 nitrogen and oxygen atoms in total. The summed E-state index contributed by atoms with van der Waals surface area (Å²) in [5.74, 6) is 0.0654. The van der Waals surface area contributed by atoms with E-state index in [1.807, 2.05) is 12.1 Å². The first-order valence-corrected chi connectivity index (χ1v) is 8.84. The van der Waals surface area contributed by atoms with Crippen molar-refractivity contribution in [3.63, 3.8) is 0 Å². The van der Waals surface area contributed by atoms with Gasteiger partial charge in [-0.3, -0.25) is 9.59 Å². The molecule has 2 N–H and O–H groups in total. The van der Waals surface area contributed by atoms with E-state index in [0.29, 0.717) is 35.9 Å². The van der Waals surface area contributed by atoms with Crippen molar-refractivity contribution in [2.75, 3.05) is 5.32 Å². The number of carbonyl (C=O) groups is 2. The maximum absolute atomic E-state index is 13.8. The molecule has 0 radical (unpaired) electrons. The van der Waals surface area contributed by atoms with Gasteiger partial charge >= 0.3 is 0 Å². The second-order valence-electron chi connectivity index (χ2n) is 6.25. The summed E-state index contributed by atoms with van der Waals surface area (Å²) >= 11 is 0. The average Bonchev–Trinajstić information content (AvgIpc) is 3.14. The predicted molar refractivity (Wildman–Crippen MR) is 103 cm³/mol. The highest BCUT2D eigenvalue weighted by Crippen LogP contribution is 2.23. The Hall–Kier alpha value is -3.48. The summed E-state index contributed by atoms with van der Waals surface area (Å²) < 4.78 is 19.3. The molecule has 0 aliphatic carbocycles. The largest absolute Gasteiger partial charge is 0.441 e. The Morgan fingerprint density at radius 1 is 1.11 bits per heavy atom. The van der Waals surface area contributed by atoms with Gasteiger partial charge in [0.25, 0.3) is 0 Å². The van der Waals surface area contributed by atoms with E-state index in [9.17, 15) is 14.0 Å².